The Hall–Kier alpha value is -2.11. The summed E-state index contributed by atoms with van der Waals surface area (Å²) in [6.45, 7) is 2.80. The van der Waals surface area contributed by atoms with Crippen molar-refractivity contribution in [3.63, 3.8) is 0 Å². The summed E-state index contributed by atoms with van der Waals surface area (Å²) in [4.78, 5) is 28.2. The molecule has 2 amide bonds. The number of amides is 2. The van der Waals surface area contributed by atoms with Gasteiger partial charge in [-0.05, 0) is 42.5 Å². The van der Waals surface area contributed by atoms with E-state index >= 15 is 0 Å². The highest BCUT2D eigenvalue weighted by Gasteiger charge is 2.32. The molecule has 2 aliphatic rings. The first-order valence-electron chi connectivity index (χ1n) is 10.5. The van der Waals surface area contributed by atoms with Gasteiger partial charge in [-0.25, -0.2) is 8.42 Å². The predicted octanol–water partition coefficient (Wildman–Crippen LogP) is 3.07. The van der Waals surface area contributed by atoms with Gasteiger partial charge in [-0.2, -0.15) is 4.31 Å². The summed E-state index contributed by atoms with van der Waals surface area (Å²) in [5, 5.41) is 3.31. The standard InChI is InChI=1S/C22H24ClN3O5S2/c1-15-14-32-20-7-6-18(33(29,30)25-8-10-31-11-9-25)12-19(20)26(22(15)28)13-21(27)24-17-4-2-16(23)3-5-17/h2-7,12,15H,8-11,13-14H2,1H3,(H,24,27)/t15-/m0/s1. The molecule has 0 saturated carbocycles. The zero-order valence-electron chi connectivity index (χ0n) is 18.0. The minimum absolute atomic E-state index is 0.0919. The Balaban J connectivity index is 1.64. The molecule has 0 bridgehead atoms. The van der Waals surface area contributed by atoms with E-state index in [0.717, 1.165) is 4.90 Å². The number of fused-ring (bicyclic) bond motifs is 1. The number of nitrogens with one attached hydrogen (secondary N) is 1. The molecule has 1 N–H and O–H groups in total. The lowest BCUT2D eigenvalue weighted by atomic mass is 10.1. The summed E-state index contributed by atoms with van der Waals surface area (Å²) in [5.74, 6) is -0.410. The summed E-state index contributed by atoms with van der Waals surface area (Å²) in [5.41, 5.74) is 0.980. The van der Waals surface area contributed by atoms with Crippen LogP contribution in [0.4, 0.5) is 11.4 Å². The molecule has 0 radical (unpaired) electrons. The van der Waals surface area contributed by atoms with Gasteiger partial charge in [0.2, 0.25) is 21.8 Å². The van der Waals surface area contributed by atoms with Gasteiger partial charge in [0.25, 0.3) is 0 Å². The van der Waals surface area contributed by atoms with Gasteiger partial charge in [-0.1, -0.05) is 18.5 Å². The zero-order valence-corrected chi connectivity index (χ0v) is 20.4. The molecule has 33 heavy (non-hydrogen) atoms. The van der Waals surface area contributed by atoms with Crippen LogP contribution in [0.2, 0.25) is 5.02 Å². The number of hydrogen-bond donors (Lipinski definition) is 1. The van der Waals surface area contributed by atoms with Crippen LogP contribution >= 0.6 is 23.4 Å². The second kappa shape index (κ2) is 10.0. The number of benzene rings is 2. The number of carbonyl (C=O) groups excluding carboxylic acids is 2. The van der Waals surface area contributed by atoms with Crippen molar-refractivity contribution < 1.29 is 22.7 Å². The van der Waals surface area contributed by atoms with Crippen molar-refractivity contribution in [2.24, 2.45) is 5.92 Å². The highest BCUT2D eigenvalue weighted by Crippen LogP contribution is 2.38. The summed E-state index contributed by atoms with van der Waals surface area (Å²) >= 11 is 7.37. The lowest BCUT2D eigenvalue weighted by Crippen LogP contribution is -2.42. The van der Waals surface area contributed by atoms with E-state index in [1.54, 1.807) is 43.3 Å². The Morgan fingerprint density at radius 1 is 1.18 bits per heavy atom. The molecule has 1 fully saturated rings. The smallest absolute Gasteiger partial charge is 0.244 e. The number of nitrogens with zero attached hydrogens (tertiary/aromatic N) is 2. The first kappa shape index (κ1) is 24.0. The molecular formula is C22H24ClN3O5S2. The lowest BCUT2D eigenvalue weighted by Gasteiger charge is -2.27. The predicted molar refractivity (Wildman–Crippen MR) is 128 cm³/mol. The molecule has 0 spiro atoms. The summed E-state index contributed by atoms with van der Waals surface area (Å²) < 4.78 is 33.0. The molecule has 2 aromatic carbocycles. The fraction of sp³-hybridized carbons (Fsp3) is 0.364. The number of hydrogen-bond acceptors (Lipinski definition) is 6. The number of halogens is 1. The Labute approximate surface area is 202 Å². The highest BCUT2D eigenvalue weighted by molar-refractivity contribution is 7.99. The molecule has 2 aliphatic heterocycles. The Kier molecular flexibility index (Phi) is 7.30. The number of ether oxygens (including phenoxy) is 1. The summed E-state index contributed by atoms with van der Waals surface area (Å²) in [6, 6.07) is 11.4. The van der Waals surface area contributed by atoms with Crippen LogP contribution in [0.25, 0.3) is 0 Å². The molecule has 0 aromatic heterocycles. The van der Waals surface area contributed by atoms with Crippen molar-refractivity contribution in [3.8, 4) is 0 Å². The Bertz CT molecular complexity index is 1150. The van der Waals surface area contributed by atoms with Gasteiger partial charge in [0.15, 0.2) is 0 Å². The van der Waals surface area contributed by atoms with E-state index in [9.17, 15) is 18.0 Å². The number of thioether (sulfide) groups is 1. The van der Waals surface area contributed by atoms with Crippen LogP contribution in [0, 0.1) is 5.92 Å². The van der Waals surface area contributed by atoms with E-state index < -0.39 is 15.9 Å². The van der Waals surface area contributed by atoms with Crippen LogP contribution in [-0.4, -0.2) is 63.1 Å². The minimum atomic E-state index is -3.75. The van der Waals surface area contributed by atoms with Crippen LogP contribution in [0.5, 0.6) is 0 Å². The molecule has 0 unspecified atom stereocenters. The van der Waals surface area contributed by atoms with Crippen LogP contribution in [0.15, 0.2) is 52.3 Å². The number of rotatable bonds is 5. The monoisotopic (exact) mass is 509 g/mol. The molecule has 4 rings (SSSR count). The van der Waals surface area contributed by atoms with Crippen LogP contribution in [-0.2, 0) is 24.3 Å². The molecule has 8 nitrogen and oxygen atoms in total. The molecule has 0 aliphatic carbocycles. The van der Waals surface area contributed by atoms with Crippen molar-refractivity contribution in [1.82, 2.24) is 4.31 Å². The maximum Gasteiger partial charge on any atom is 0.244 e. The number of sulfonamides is 1. The van der Waals surface area contributed by atoms with E-state index in [1.165, 1.54) is 27.0 Å². The first-order valence-corrected chi connectivity index (χ1v) is 13.3. The van der Waals surface area contributed by atoms with Crippen molar-refractivity contribution >= 4 is 56.6 Å². The normalized spacial score (nSPS) is 19.6. The second-order valence-electron chi connectivity index (χ2n) is 7.84. The minimum Gasteiger partial charge on any atom is -0.379 e. The molecule has 176 valence electrons. The van der Waals surface area contributed by atoms with Crippen molar-refractivity contribution in [1.29, 1.82) is 0 Å². The van der Waals surface area contributed by atoms with E-state index in [0.29, 0.717) is 35.4 Å². The molecule has 2 heterocycles. The number of anilines is 2. The maximum atomic E-state index is 13.2. The maximum absolute atomic E-state index is 13.2. The third kappa shape index (κ3) is 5.36. The van der Waals surface area contributed by atoms with E-state index in [2.05, 4.69) is 5.32 Å². The molecule has 1 atom stereocenters. The summed E-state index contributed by atoms with van der Waals surface area (Å²) in [7, 11) is -3.75. The fourth-order valence-corrected chi connectivity index (χ4v) is 6.25. The SMILES string of the molecule is C[C@H]1CSc2ccc(S(=O)(=O)N3CCOCC3)cc2N(CC(=O)Nc2ccc(Cl)cc2)C1=O. The fourth-order valence-electron chi connectivity index (χ4n) is 3.64. The van der Waals surface area contributed by atoms with Gasteiger partial charge in [0, 0.05) is 40.4 Å². The quantitative estimate of drug-likeness (QED) is 0.665. The van der Waals surface area contributed by atoms with Gasteiger partial charge < -0.3 is 15.0 Å². The first-order chi connectivity index (χ1) is 15.8. The van der Waals surface area contributed by atoms with Crippen LogP contribution in [0.1, 0.15) is 6.92 Å². The average molecular weight is 510 g/mol. The van der Waals surface area contributed by atoms with E-state index in [1.807, 2.05) is 0 Å². The van der Waals surface area contributed by atoms with Crippen LogP contribution in [0.3, 0.4) is 0 Å². The Morgan fingerprint density at radius 3 is 2.58 bits per heavy atom. The zero-order chi connectivity index (χ0) is 23.6. The van der Waals surface area contributed by atoms with Gasteiger partial charge in [0.1, 0.15) is 6.54 Å². The molecular weight excluding hydrogens is 486 g/mol. The molecule has 2 aromatic rings. The van der Waals surface area contributed by atoms with Gasteiger partial charge in [-0.3, -0.25) is 9.59 Å². The van der Waals surface area contributed by atoms with E-state index in [-0.39, 0.29) is 36.4 Å². The van der Waals surface area contributed by atoms with Gasteiger partial charge >= 0.3 is 0 Å². The number of morpholine rings is 1. The molecule has 11 heteroatoms. The third-order valence-corrected chi connectivity index (χ3v) is 8.90. The average Bonchev–Trinajstić information content (AvgIpc) is 2.93. The summed E-state index contributed by atoms with van der Waals surface area (Å²) in [6.07, 6.45) is 0. The topological polar surface area (TPSA) is 96.0 Å². The van der Waals surface area contributed by atoms with Crippen LogP contribution < -0.4 is 10.2 Å². The van der Waals surface area contributed by atoms with Crippen molar-refractivity contribution in [2.75, 3.05) is 48.8 Å². The van der Waals surface area contributed by atoms with Gasteiger partial charge in [-0.15, -0.1) is 11.8 Å². The molecule has 1 saturated heterocycles. The largest absolute Gasteiger partial charge is 0.379 e. The van der Waals surface area contributed by atoms with Crippen molar-refractivity contribution in [3.05, 3.63) is 47.5 Å². The third-order valence-electron chi connectivity index (χ3n) is 5.44. The number of carbonyl (C=O) groups is 2. The van der Waals surface area contributed by atoms with E-state index in [4.69, 9.17) is 16.3 Å². The van der Waals surface area contributed by atoms with Crippen molar-refractivity contribution in [2.45, 2.75) is 16.7 Å². The lowest BCUT2D eigenvalue weighted by molar-refractivity contribution is -0.123. The van der Waals surface area contributed by atoms with Gasteiger partial charge in [0.05, 0.1) is 23.8 Å². The highest BCUT2D eigenvalue weighted by atomic mass is 35.5. The Morgan fingerprint density at radius 2 is 1.88 bits per heavy atom. The second-order valence-corrected chi connectivity index (χ2v) is 11.3.